The van der Waals surface area contributed by atoms with Gasteiger partial charge in [0.15, 0.2) is 0 Å². The van der Waals surface area contributed by atoms with E-state index in [9.17, 15) is 14.4 Å². The number of ether oxygens (including phenoxy) is 1. The van der Waals surface area contributed by atoms with Gasteiger partial charge in [-0.3, -0.25) is 14.4 Å². The second-order valence-corrected chi connectivity index (χ2v) is 8.84. The second kappa shape index (κ2) is 11.6. The number of aliphatic carboxylic acids is 1. The van der Waals surface area contributed by atoms with Crippen LogP contribution in [0.25, 0.3) is 10.6 Å². The van der Waals surface area contributed by atoms with E-state index in [1.807, 2.05) is 54.6 Å². The Balaban J connectivity index is 1.49. The number of nitrogens with zero attached hydrogens (tertiary/aromatic N) is 2. The van der Waals surface area contributed by atoms with Gasteiger partial charge in [0.1, 0.15) is 28.2 Å². The molecule has 0 bridgehead atoms. The van der Waals surface area contributed by atoms with E-state index in [1.54, 1.807) is 10.3 Å². The molecule has 2 aromatic carbocycles. The minimum absolute atomic E-state index is 0.00851. The van der Waals surface area contributed by atoms with E-state index in [1.165, 1.54) is 11.3 Å². The van der Waals surface area contributed by atoms with Gasteiger partial charge in [0, 0.05) is 38.0 Å². The lowest BCUT2D eigenvalue weighted by Crippen LogP contribution is -2.54. The van der Waals surface area contributed by atoms with Crippen molar-refractivity contribution in [1.29, 1.82) is 0 Å². The molecular weight excluding hydrogens is 468 g/mol. The van der Waals surface area contributed by atoms with Gasteiger partial charge in [-0.05, 0) is 30.7 Å². The monoisotopic (exact) mass is 494 g/mol. The first-order valence-electron chi connectivity index (χ1n) is 11.3. The van der Waals surface area contributed by atoms with Crippen molar-refractivity contribution >= 4 is 29.1 Å². The fraction of sp³-hybridized carbons (Fsp3) is 0.280. The molecule has 182 valence electrons. The van der Waals surface area contributed by atoms with Gasteiger partial charge >= 0.3 is 5.97 Å². The lowest BCUT2D eigenvalue weighted by molar-refractivity contribution is -0.138. The Morgan fingerprint density at radius 3 is 2.54 bits per heavy atom. The van der Waals surface area contributed by atoms with Crippen molar-refractivity contribution in [2.24, 2.45) is 0 Å². The van der Waals surface area contributed by atoms with Gasteiger partial charge in [-0.1, -0.05) is 30.3 Å². The highest BCUT2D eigenvalue weighted by Crippen LogP contribution is 2.34. The predicted octanol–water partition coefficient (Wildman–Crippen LogP) is 3.00. The Kier molecular flexibility index (Phi) is 8.07. The zero-order valence-corrected chi connectivity index (χ0v) is 19.8. The van der Waals surface area contributed by atoms with Crippen LogP contribution in [-0.2, 0) is 9.59 Å². The molecule has 4 rings (SSSR count). The summed E-state index contributed by atoms with van der Waals surface area (Å²) in [6, 6.07) is 15.9. The first-order valence-corrected chi connectivity index (χ1v) is 12.2. The van der Waals surface area contributed by atoms with Crippen LogP contribution in [0.5, 0.6) is 11.5 Å². The van der Waals surface area contributed by atoms with Crippen molar-refractivity contribution in [1.82, 2.24) is 20.5 Å². The van der Waals surface area contributed by atoms with Crippen molar-refractivity contribution in [2.45, 2.75) is 18.9 Å². The topological polar surface area (TPSA) is 121 Å². The Hall–Kier alpha value is -3.76. The summed E-state index contributed by atoms with van der Waals surface area (Å²) in [6.07, 6.45) is -0.218. The molecule has 2 amide bonds. The van der Waals surface area contributed by atoms with E-state index in [2.05, 4.69) is 15.6 Å². The number of carbonyl (C=O) groups excluding carboxylic acids is 2. The van der Waals surface area contributed by atoms with Gasteiger partial charge in [0.05, 0.1) is 5.56 Å². The van der Waals surface area contributed by atoms with Gasteiger partial charge in [-0.2, -0.15) is 0 Å². The third kappa shape index (κ3) is 6.43. The maximum atomic E-state index is 13.0. The van der Waals surface area contributed by atoms with Crippen LogP contribution in [0, 0.1) is 0 Å². The van der Waals surface area contributed by atoms with E-state index in [-0.39, 0.29) is 24.4 Å². The Morgan fingerprint density at radius 1 is 1.09 bits per heavy atom. The third-order valence-electron chi connectivity index (χ3n) is 5.50. The normalized spacial score (nSPS) is 14.2. The third-order valence-corrected chi connectivity index (χ3v) is 6.38. The molecule has 1 saturated heterocycles. The molecule has 0 saturated carbocycles. The molecule has 0 radical (unpaired) electrons. The molecule has 1 fully saturated rings. The lowest BCUT2D eigenvalue weighted by atomic mass is 10.1. The Morgan fingerprint density at radius 2 is 1.80 bits per heavy atom. The standard InChI is InChI=1S/C25H26N4O5S/c30-22(31)11-10-19(25(33)29-14-12-26-13-15-29)27-23(32)20-16-35-24(28-20)18-8-4-5-9-21(18)34-17-6-2-1-3-7-17/h1-9,16,19,26H,10-15H2,(H,27,32)(H,30,31)/t19-/m0/s1. The van der Waals surface area contributed by atoms with Gasteiger partial charge < -0.3 is 25.4 Å². The molecule has 3 N–H and O–H groups in total. The van der Waals surface area contributed by atoms with E-state index >= 15 is 0 Å². The number of hydrogen-bond acceptors (Lipinski definition) is 7. The number of thiazole rings is 1. The van der Waals surface area contributed by atoms with Crippen molar-refractivity contribution < 1.29 is 24.2 Å². The van der Waals surface area contributed by atoms with Crippen LogP contribution in [0.2, 0.25) is 0 Å². The first-order chi connectivity index (χ1) is 17.0. The lowest BCUT2D eigenvalue weighted by Gasteiger charge is -2.31. The van der Waals surface area contributed by atoms with Gasteiger partial charge in [0.25, 0.3) is 5.91 Å². The van der Waals surface area contributed by atoms with Crippen LogP contribution in [0.15, 0.2) is 60.0 Å². The van der Waals surface area contributed by atoms with Crippen molar-refractivity contribution in [3.8, 4) is 22.1 Å². The maximum absolute atomic E-state index is 13.0. The SMILES string of the molecule is O=C(O)CC[C@H](NC(=O)c1csc(-c2ccccc2Oc2ccccc2)n1)C(=O)N1CCNCC1. The predicted molar refractivity (Wildman–Crippen MR) is 132 cm³/mol. The van der Waals surface area contributed by atoms with E-state index in [0.717, 1.165) is 5.56 Å². The first kappa shape index (κ1) is 24.4. The highest BCUT2D eigenvalue weighted by Gasteiger charge is 2.28. The molecule has 0 unspecified atom stereocenters. The van der Waals surface area contributed by atoms with Crippen molar-refractivity contribution in [2.75, 3.05) is 26.2 Å². The fourth-order valence-corrected chi connectivity index (χ4v) is 4.54. The number of hydrogen-bond donors (Lipinski definition) is 3. The van der Waals surface area contributed by atoms with Crippen LogP contribution < -0.4 is 15.4 Å². The van der Waals surface area contributed by atoms with Crippen molar-refractivity contribution in [3.63, 3.8) is 0 Å². The minimum atomic E-state index is -1.02. The molecular formula is C25H26N4O5S. The molecule has 35 heavy (non-hydrogen) atoms. The highest BCUT2D eigenvalue weighted by atomic mass is 32.1. The van der Waals surface area contributed by atoms with E-state index in [0.29, 0.717) is 42.7 Å². The zero-order valence-electron chi connectivity index (χ0n) is 19.0. The number of benzene rings is 2. The molecule has 9 nitrogen and oxygen atoms in total. The highest BCUT2D eigenvalue weighted by molar-refractivity contribution is 7.13. The number of amides is 2. The number of carboxylic acid groups (broad SMARTS) is 1. The van der Waals surface area contributed by atoms with Crippen LogP contribution in [0.1, 0.15) is 23.3 Å². The zero-order chi connectivity index (χ0) is 24.6. The minimum Gasteiger partial charge on any atom is -0.481 e. The Labute approximate surface area is 206 Å². The van der Waals surface area contributed by atoms with E-state index < -0.39 is 17.9 Å². The number of nitrogens with one attached hydrogen (secondary N) is 2. The smallest absolute Gasteiger partial charge is 0.303 e. The van der Waals surface area contributed by atoms with Crippen LogP contribution in [0.3, 0.4) is 0 Å². The molecule has 10 heteroatoms. The quantitative estimate of drug-likeness (QED) is 0.418. The van der Waals surface area contributed by atoms with Gasteiger partial charge in [-0.25, -0.2) is 4.98 Å². The summed E-state index contributed by atoms with van der Waals surface area (Å²) in [6.45, 7) is 2.34. The number of para-hydroxylation sites is 2. The molecule has 1 aliphatic heterocycles. The summed E-state index contributed by atoms with van der Waals surface area (Å²) in [5.41, 5.74) is 0.896. The second-order valence-electron chi connectivity index (χ2n) is 7.98. The van der Waals surface area contributed by atoms with Crippen LogP contribution in [-0.4, -0.2) is 65.0 Å². The summed E-state index contributed by atoms with van der Waals surface area (Å²) in [5.74, 6) is -0.537. The van der Waals surface area contributed by atoms with Crippen LogP contribution in [0.4, 0.5) is 0 Å². The molecule has 2 heterocycles. The average molecular weight is 495 g/mol. The number of aromatic nitrogens is 1. The number of carboxylic acids is 1. The summed E-state index contributed by atoms with van der Waals surface area (Å²) in [4.78, 5) is 43.2. The molecule has 3 aromatic rings. The van der Waals surface area contributed by atoms with Crippen molar-refractivity contribution in [3.05, 3.63) is 65.7 Å². The number of carbonyl (C=O) groups is 3. The molecule has 1 aromatic heterocycles. The summed E-state index contributed by atoms with van der Waals surface area (Å²) in [5, 5.41) is 17.2. The van der Waals surface area contributed by atoms with Crippen LogP contribution >= 0.6 is 11.3 Å². The fourth-order valence-electron chi connectivity index (χ4n) is 3.71. The van der Waals surface area contributed by atoms with E-state index in [4.69, 9.17) is 9.84 Å². The number of piperazine rings is 1. The summed E-state index contributed by atoms with van der Waals surface area (Å²) in [7, 11) is 0. The van der Waals surface area contributed by atoms with Gasteiger partial charge in [0.2, 0.25) is 5.91 Å². The van der Waals surface area contributed by atoms with Gasteiger partial charge in [-0.15, -0.1) is 11.3 Å². The largest absolute Gasteiger partial charge is 0.481 e. The summed E-state index contributed by atoms with van der Waals surface area (Å²) >= 11 is 1.29. The molecule has 1 aliphatic rings. The number of rotatable bonds is 9. The molecule has 0 aliphatic carbocycles. The molecule has 0 spiro atoms. The summed E-state index contributed by atoms with van der Waals surface area (Å²) < 4.78 is 6.01. The Bertz CT molecular complexity index is 1180. The molecule has 1 atom stereocenters. The average Bonchev–Trinajstić information content (AvgIpc) is 3.38. The maximum Gasteiger partial charge on any atom is 0.303 e.